The summed E-state index contributed by atoms with van der Waals surface area (Å²) in [6.45, 7) is 3.74. The minimum absolute atomic E-state index is 0.253. The topological polar surface area (TPSA) is 86.8 Å². The summed E-state index contributed by atoms with van der Waals surface area (Å²) in [6, 6.07) is 9.95. The van der Waals surface area contributed by atoms with Crippen molar-refractivity contribution in [2.75, 3.05) is 7.11 Å². The molecular weight excluding hydrogens is 354 g/mol. The Kier molecular flexibility index (Phi) is 5.03. The number of hydrogen-bond donors (Lipinski definition) is 1. The lowest BCUT2D eigenvalue weighted by Gasteiger charge is -2.26. The average Bonchev–Trinajstić information content (AvgIpc) is 3.06. The van der Waals surface area contributed by atoms with Gasteiger partial charge in [0.25, 0.3) is 0 Å². The van der Waals surface area contributed by atoms with E-state index < -0.39 is 18.9 Å². The van der Waals surface area contributed by atoms with Crippen molar-refractivity contribution in [3.05, 3.63) is 47.8 Å². The van der Waals surface area contributed by atoms with Crippen LogP contribution in [-0.2, 0) is 5.16 Å². The van der Waals surface area contributed by atoms with Crippen LogP contribution >= 0.6 is 7.94 Å². The van der Waals surface area contributed by atoms with Crippen molar-refractivity contribution in [2.45, 2.75) is 31.8 Å². The van der Waals surface area contributed by atoms with Crippen molar-refractivity contribution in [3.63, 3.8) is 0 Å². The van der Waals surface area contributed by atoms with Gasteiger partial charge in [0.2, 0.25) is 0 Å². The normalized spacial score (nSPS) is 12.4. The minimum atomic E-state index is -2.24. The quantitative estimate of drug-likeness (QED) is 0.658. The minimum Gasteiger partial charge on any atom is -0.612 e. The molecule has 0 fully saturated rings. The van der Waals surface area contributed by atoms with E-state index in [1.807, 2.05) is 13.8 Å². The van der Waals surface area contributed by atoms with E-state index in [0.29, 0.717) is 35.2 Å². The van der Waals surface area contributed by atoms with Crippen LogP contribution in [0.2, 0.25) is 0 Å². The molecule has 0 saturated heterocycles. The van der Waals surface area contributed by atoms with Gasteiger partial charge in [-0.25, -0.2) is 9.07 Å². The summed E-state index contributed by atoms with van der Waals surface area (Å²) < 4.78 is 21.5. The van der Waals surface area contributed by atoms with Crippen molar-refractivity contribution < 1.29 is 14.0 Å². The zero-order valence-corrected chi connectivity index (χ0v) is 15.8. The van der Waals surface area contributed by atoms with Gasteiger partial charge in [0, 0.05) is 11.6 Å². The molecule has 136 valence electrons. The molecule has 0 spiro atoms. The molecule has 1 aromatic heterocycles. The zero-order chi connectivity index (χ0) is 18.9. The molecule has 3 aromatic rings. The van der Waals surface area contributed by atoms with Crippen molar-refractivity contribution in [2.24, 2.45) is 0 Å². The molecule has 1 N–H and O–H groups in total. The first-order valence-corrected chi connectivity index (χ1v) is 9.61. The van der Waals surface area contributed by atoms with Gasteiger partial charge < -0.3 is 9.63 Å². The first-order valence-electron chi connectivity index (χ1n) is 8.35. The molecule has 1 heterocycles. The fourth-order valence-electron chi connectivity index (χ4n) is 3.24. The molecule has 2 aromatic carbocycles. The van der Waals surface area contributed by atoms with Gasteiger partial charge >= 0.3 is 0 Å². The monoisotopic (exact) mass is 374 g/mol. The van der Waals surface area contributed by atoms with Crippen LogP contribution in [0, 0.1) is 11.0 Å². The van der Waals surface area contributed by atoms with Crippen molar-refractivity contribution >= 4 is 19.0 Å². The second-order valence-corrected chi connectivity index (χ2v) is 7.50. The van der Waals surface area contributed by atoms with Crippen LogP contribution in [0.15, 0.2) is 36.4 Å². The third-order valence-electron chi connectivity index (χ3n) is 4.92. The Morgan fingerprint density at radius 1 is 1.23 bits per heavy atom. The zero-order valence-electron chi connectivity index (χ0n) is 14.9. The van der Waals surface area contributed by atoms with E-state index in [-0.39, 0.29) is 5.69 Å². The molecular formula is C18H20FN4O2P. The van der Waals surface area contributed by atoms with E-state index in [1.54, 1.807) is 37.4 Å². The van der Waals surface area contributed by atoms with Crippen LogP contribution in [0.4, 0.5) is 4.39 Å². The first-order chi connectivity index (χ1) is 12.5. The highest BCUT2D eigenvalue weighted by atomic mass is 31.1. The van der Waals surface area contributed by atoms with Crippen LogP contribution in [0.5, 0.6) is 5.75 Å². The third-order valence-corrected chi connectivity index (χ3v) is 6.59. The highest BCUT2D eigenvalue weighted by Crippen LogP contribution is 2.48. The van der Waals surface area contributed by atoms with Crippen LogP contribution in [0.1, 0.15) is 32.3 Å². The van der Waals surface area contributed by atoms with Gasteiger partial charge in [0.1, 0.15) is 22.8 Å². The molecule has 3 rings (SSSR count). The summed E-state index contributed by atoms with van der Waals surface area (Å²) >= 11 is 0. The number of methoxy groups -OCH3 is 1. The van der Waals surface area contributed by atoms with E-state index in [2.05, 4.69) is 10.3 Å². The van der Waals surface area contributed by atoms with Crippen molar-refractivity contribution in [1.82, 2.24) is 15.0 Å². The smallest absolute Gasteiger partial charge is 0.171 e. The fraction of sp³-hybridized carbons (Fsp3) is 0.333. The number of hydrogen-bond acceptors (Lipinski definition) is 5. The Balaban J connectivity index is 2.10. The maximum absolute atomic E-state index is 14.9. The molecule has 1 atom stereocenters. The summed E-state index contributed by atoms with van der Waals surface area (Å²) in [5, 5.41) is 15.0. The average molecular weight is 374 g/mol. The fourth-order valence-corrected chi connectivity index (χ4v) is 4.19. The highest BCUT2D eigenvalue weighted by molar-refractivity contribution is 7.39. The Labute approximate surface area is 152 Å². The molecule has 1 unspecified atom stereocenters. The molecule has 0 aliphatic carbocycles. The van der Waals surface area contributed by atoms with Gasteiger partial charge in [-0.15, -0.1) is 10.3 Å². The number of ether oxygens (including phenoxy) is 1. The van der Waals surface area contributed by atoms with E-state index in [4.69, 9.17) is 9.90 Å². The van der Waals surface area contributed by atoms with E-state index in [9.17, 15) is 9.28 Å². The van der Waals surface area contributed by atoms with Crippen LogP contribution in [0.3, 0.4) is 0 Å². The molecule has 0 bridgehead atoms. The second kappa shape index (κ2) is 7.09. The molecule has 26 heavy (non-hydrogen) atoms. The maximum Gasteiger partial charge on any atom is 0.171 e. The van der Waals surface area contributed by atoms with Gasteiger partial charge in [-0.05, 0) is 37.1 Å². The van der Waals surface area contributed by atoms with E-state index in [0.717, 1.165) is 0 Å². The Hall–Kier alpha value is -2.37. The van der Waals surface area contributed by atoms with Gasteiger partial charge in [-0.3, -0.25) is 0 Å². The predicted octanol–water partition coefficient (Wildman–Crippen LogP) is 4.10. The van der Waals surface area contributed by atoms with Crippen LogP contribution < -0.4 is 9.63 Å². The highest BCUT2D eigenvalue weighted by Gasteiger charge is 2.39. The molecule has 0 amide bonds. The summed E-state index contributed by atoms with van der Waals surface area (Å²) in [4.78, 5) is 12.0. The number of nitrogens with one attached hydrogen (secondary N) is 1. The Morgan fingerprint density at radius 3 is 2.54 bits per heavy atom. The molecule has 0 saturated carbocycles. The number of rotatable bonds is 6. The predicted molar refractivity (Wildman–Crippen MR) is 97.3 cm³/mol. The second-order valence-electron chi connectivity index (χ2n) is 6.06. The van der Waals surface area contributed by atoms with E-state index in [1.165, 1.54) is 10.7 Å². The molecule has 0 aliphatic rings. The number of nitrogens with zero attached hydrogens (tertiary/aromatic N) is 3. The van der Waals surface area contributed by atoms with Crippen LogP contribution in [-0.4, -0.2) is 22.1 Å². The van der Waals surface area contributed by atoms with Gasteiger partial charge in [0.05, 0.1) is 12.6 Å². The Morgan fingerprint density at radius 2 is 1.96 bits per heavy atom. The number of fused-ring (bicyclic) bond motifs is 1. The molecule has 8 heteroatoms. The van der Waals surface area contributed by atoms with Crippen molar-refractivity contribution in [1.29, 1.82) is 5.16 Å². The van der Waals surface area contributed by atoms with Crippen molar-refractivity contribution in [3.8, 4) is 11.4 Å². The maximum atomic E-state index is 14.9. The Bertz CT molecular complexity index is 969. The number of aromatic nitrogens is 3. The SMILES string of the molecule is CCC(CC)(c1ccc(-n2nnc3cc(OC)ccc32)c(F)c1)[P+](=N)[O-]. The largest absolute Gasteiger partial charge is 0.612 e. The lowest BCUT2D eigenvalue weighted by Crippen LogP contribution is -2.24. The number of halogens is 1. The first kappa shape index (κ1) is 18.4. The van der Waals surface area contributed by atoms with Gasteiger partial charge in [0.15, 0.2) is 13.1 Å². The molecule has 0 aliphatic heterocycles. The summed E-state index contributed by atoms with van der Waals surface area (Å²) in [6.07, 6.45) is 1.01. The number of benzene rings is 2. The lowest BCUT2D eigenvalue weighted by atomic mass is 9.92. The standard InChI is InChI=1S/C18H20FN4O2P/c1-4-18(5-2,26(20)24)12-6-8-16(14(19)10-12)23-17-9-7-13(25-3)11-15(17)21-22-23/h6-11,20H,4-5H2,1-3H3. The van der Waals surface area contributed by atoms with Gasteiger partial charge in [-0.1, -0.05) is 25.1 Å². The molecule has 6 nitrogen and oxygen atoms in total. The van der Waals surface area contributed by atoms with Gasteiger partial charge in [-0.2, -0.15) is 0 Å². The summed E-state index contributed by atoms with van der Waals surface area (Å²) in [7, 11) is -0.677. The summed E-state index contributed by atoms with van der Waals surface area (Å²) in [5.41, 5.74) is 2.08. The summed E-state index contributed by atoms with van der Waals surface area (Å²) in [5.74, 6) is 0.156. The van der Waals surface area contributed by atoms with E-state index >= 15 is 0 Å². The van der Waals surface area contributed by atoms with Crippen LogP contribution in [0.25, 0.3) is 16.7 Å². The third kappa shape index (κ3) is 2.87. The molecule has 0 radical (unpaired) electrons. The lowest BCUT2D eigenvalue weighted by molar-refractivity contribution is -0.162.